The van der Waals surface area contributed by atoms with Crippen LogP contribution in [0, 0.1) is 5.82 Å². The highest BCUT2D eigenvalue weighted by atomic mass is 19.1. The van der Waals surface area contributed by atoms with Crippen molar-refractivity contribution in [2.75, 3.05) is 0 Å². The van der Waals surface area contributed by atoms with E-state index in [0.29, 0.717) is 6.20 Å². The summed E-state index contributed by atoms with van der Waals surface area (Å²) in [5, 5.41) is 8.25. The average Bonchev–Trinajstić information content (AvgIpc) is 2.34. The summed E-state index contributed by atoms with van der Waals surface area (Å²) in [5.74, 6) is -3.11. The topological polar surface area (TPSA) is 182 Å². The minimum atomic E-state index is -1.45. The van der Waals surface area contributed by atoms with E-state index >= 15 is 0 Å². The van der Waals surface area contributed by atoms with E-state index < -0.39 is 40.2 Å². The molecular formula is C8H6FN5O6. The monoisotopic (exact) mass is 287 g/mol. The molecule has 0 saturated heterocycles. The Morgan fingerprint density at radius 1 is 1.10 bits per heavy atom. The first-order chi connectivity index (χ1) is 9.29. The molecule has 0 spiro atoms. The van der Waals surface area contributed by atoms with Crippen molar-refractivity contribution in [2.24, 2.45) is 0 Å². The van der Waals surface area contributed by atoms with E-state index in [1.54, 1.807) is 9.97 Å². The molecule has 0 aliphatic rings. The molecule has 0 aliphatic heterocycles. The van der Waals surface area contributed by atoms with Crippen LogP contribution in [0.1, 0.15) is 10.6 Å². The number of halogens is 1. The van der Waals surface area contributed by atoms with Gasteiger partial charge in [0.15, 0.2) is 0 Å². The van der Waals surface area contributed by atoms with Gasteiger partial charge in [-0.25, -0.2) is 19.2 Å². The first-order valence-corrected chi connectivity index (χ1v) is 4.71. The van der Waals surface area contributed by atoms with Crippen LogP contribution in [0.2, 0.25) is 0 Å². The van der Waals surface area contributed by atoms with Gasteiger partial charge < -0.3 is 10.1 Å². The summed E-state index contributed by atoms with van der Waals surface area (Å²) in [7, 11) is 0. The standard InChI is InChI=1S/C4H3FN2O2.C4H3N3O4/c5-2-1-6-4(9)7-3(2)8;8-2(9)1-5-3(10)7-4(11)6-1/h1H,(H2,6,7,8,9);(H,8,9)(H2,5,6,7,10,11). The van der Waals surface area contributed by atoms with Gasteiger partial charge in [0.05, 0.1) is 0 Å². The number of hydrogen-bond acceptors (Lipinski definition) is 6. The first kappa shape index (κ1) is 14.7. The molecule has 2 aromatic heterocycles. The zero-order valence-electron chi connectivity index (χ0n) is 9.39. The first-order valence-electron chi connectivity index (χ1n) is 4.71. The Hall–Kier alpha value is -3.31. The minimum Gasteiger partial charge on any atom is -0.475 e. The van der Waals surface area contributed by atoms with E-state index in [-0.39, 0.29) is 0 Å². The SMILES string of the molecule is O=C(O)c1nc(=O)[nH]c(=O)[nH]1.O=c1[nH]cc(F)c(=O)[nH]1. The molecule has 0 unspecified atom stereocenters. The Labute approximate surface area is 106 Å². The number of nitrogens with one attached hydrogen (secondary N) is 4. The normalized spacial score (nSPS) is 9.45. The number of carbonyl (C=O) groups is 1. The summed E-state index contributed by atoms with van der Waals surface area (Å²) in [6.07, 6.45) is 0.709. The molecule has 0 aromatic carbocycles. The van der Waals surface area contributed by atoms with Gasteiger partial charge in [-0.05, 0) is 0 Å². The van der Waals surface area contributed by atoms with Crippen LogP contribution in [0.3, 0.4) is 0 Å². The second-order valence-electron chi connectivity index (χ2n) is 3.07. The molecule has 2 rings (SSSR count). The van der Waals surface area contributed by atoms with Crippen molar-refractivity contribution in [1.29, 1.82) is 0 Å². The van der Waals surface area contributed by atoms with E-state index in [1.807, 2.05) is 9.97 Å². The quantitative estimate of drug-likeness (QED) is 0.379. The van der Waals surface area contributed by atoms with E-state index in [4.69, 9.17) is 5.11 Å². The average molecular weight is 287 g/mol. The molecular weight excluding hydrogens is 281 g/mol. The molecule has 0 aliphatic carbocycles. The second kappa shape index (κ2) is 6.03. The van der Waals surface area contributed by atoms with Gasteiger partial charge in [-0.3, -0.25) is 19.7 Å². The fourth-order valence-electron chi connectivity index (χ4n) is 0.888. The number of hydrogen-bond donors (Lipinski definition) is 5. The molecule has 0 fully saturated rings. The highest BCUT2D eigenvalue weighted by Crippen LogP contribution is 1.76. The van der Waals surface area contributed by atoms with E-state index in [0.717, 1.165) is 0 Å². The van der Waals surface area contributed by atoms with Gasteiger partial charge in [0, 0.05) is 6.20 Å². The zero-order chi connectivity index (χ0) is 15.3. The maximum absolute atomic E-state index is 12.0. The fourth-order valence-corrected chi connectivity index (χ4v) is 0.888. The van der Waals surface area contributed by atoms with Crippen LogP contribution >= 0.6 is 0 Å². The Bertz CT molecular complexity index is 817. The van der Waals surface area contributed by atoms with Gasteiger partial charge in [0.25, 0.3) is 5.56 Å². The van der Waals surface area contributed by atoms with Crippen molar-refractivity contribution in [3.63, 3.8) is 0 Å². The van der Waals surface area contributed by atoms with Gasteiger partial charge in [0.2, 0.25) is 11.6 Å². The lowest BCUT2D eigenvalue weighted by atomic mass is 10.6. The summed E-state index contributed by atoms with van der Waals surface area (Å²) in [6, 6.07) is 0. The third kappa shape index (κ3) is 4.17. The predicted molar refractivity (Wildman–Crippen MR) is 60.1 cm³/mol. The zero-order valence-corrected chi connectivity index (χ0v) is 9.39. The Balaban J connectivity index is 0.000000204. The van der Waals surface area contributed by atoms with E-state index in [2.05, 4.69) is 4.98 Å². The number of carboxylic acids is 1. The largest absolute Gasteiger partial charge is 0.475 e. The van der Waals surface area contributed by atoms with E-state index in [9.17, 15) is 28.4 Å². The number of carboxylic acid groups (broad SMARTS) is 1. The van der Waals surface area contributed by atoms with Crippen LogP contribution in [-0.2, 0) is 0 Å². The third-order valence-electron chi connectivity index (χ3n) is 1.64. The van der Waals surface area contributed by atoms with Crippen LogP contribution in [0.25, 0.3) is 0 Å². The maximum Gasteiger partial charge on any atom is 0.372 e. The Kier molecular flexibility index (Phi) is 4.45. The van der Waals surface area contributed by atoms with Gasteiger partial charge in [0.1, 0.15) is 0 Å². The van der Waals surface area contributed by atoms with Gasteiger partial charge in [-0.15, -0.1) is 0 Å². The number of aromatic nitrogens is 5. The van der Waals surface area contributed by atoms with Crippen LogP contribution in [-0.4, -0.2) is 36.0 Å². The molecule has 12 heteroatoms. The molecule has 2 aromatic rings. The number of nitrogens with zero attached hydrogens (tertiary/aromatic N) is 1. The smallest absolute Gasteiger partial charge is 0.372 e. The number of aromatic carboxylic acids is 1. The lowest BCUT2D eigenvalue weighted by Crippen LogP contribution is -2.28. The maximum atomic E-state index is 12.0. The fraction of sp³-hybridized carbons (Fsp3) is 0. The second-order valence-corrected chi connectivity index (χ2v) is 3.07. The van der Waals surface area contributed by atoms with Crippen LogP contribution in [0.5, 0.6) is 0 Å². The molecule has 0 atom stereocenters. The van der Waals surface area contributed by atoms with Crippen molar-refractivity contribution < 1.29 is 14.3 Å². The summed E-state index contributed by atoms with van der Waals surface area (Å²) in [6.45, 7) is 0. The minimum absolute atomic E-state index is 0.668. The van der Waals surface area contributed by atoms with Gasteiger partial charge in [-0.2, -0.15) is 9.37 Å². The molecule has 11 nitrogen and oxygen atoms in total. The number of H-pyrrole nitrogens is 4. The molecule has 0 bridgehead atoms. The summed E-state index contributed by atoms with van der Waals surface area (Å²) in [4.78, 5) is 61.4. The summed E-state index contributed by atoms with van der Waals surface area (Å²) in [5.41, 5.74) is -3.58. The van der Waals surface area contributed by atoms with Crippen LogP contribution in [0.4, 0.5) is 4.39 Å². The Morgan fingerprint density at radius 2 is 1.75 bits per heavy atom. The van der Waals surface area contributed by atoms with Crippen LogP contribution in [0.15, 0.2) is 25.4 Å². The lowest BCUT2D eigenvalue weighted by molar-refractivity contribution is 0.0682. The molecule has 20 heavy (non-hydrogen) atoms. The number of aromatic amines is 4. The lowest BCUT2D eigenvalue weighted by Gasteiger charge is -1.88. The molecule has 2 heterocycles. The number of rotatable bonds is 1. The van der Waals surface area contributed by atoms with E-state index in [1.165, 1.54) is 0 Å². The van der Waals surface area contributed by atoms with Gasteiger partial charge in [-0.1, -0.05) is 0 Å². The van der Waals surface area contributed by atoms with Crippen molar-refractivity contribution in [2.45, 2.75) is 0 Å². The molecule has 106 valence electrons. The molecule has 0 radical (unpaired) electrons. The predicted octanol–water partition coefficient (Wildman–Crippen LogP) is -2.64. The summed E-state index contributed by atoms with van der Waals surface area (Å²) < 4.78 is 12.0. The van der Waals surface area contributed by atoms with Crippen molar-refractivity contribution in [3.05, 3.63) is 59.6 Å². The van der Waals surface area contributed by atoms with Crippen molar-refractivity contribution >= 4 is 5.97 Å². The molecule has 5 N–H and O–H groups in total. The highest BCUT2D eigenvalue weighted by molar-refractivity contribution is 5.82. The molecule has 0 amide bonds. The van der Waals surface area contributed by atoms with Gasteiger partial charge >= 0.3 is 23.0 Å². The highest BCUT2D eigenvalue weighted by Gasteiger charge is 2.05. The third-order valence-corrected chi connectivity index (χ3v) is 1.64. The summed E-state index contributed by atoms with van der Waals surface area (Å²) >= 11 is 0. The Morgan fingerprint density at radius 3 is 2.20 bits per heavy atom. The van der Waals surface area contributed by atoms with Crippen molar-refractivity contribution in [1.82, 2.24) is 24.9 Å². The van der Waals surface area contributed by atoms with Crippen LogP contribution < -0.4 is 22.6 Å². The molecule has 0 saturated carbocycles. The van der Waals surface area contributed by atoms with Crippen molar-refractivity contribution in [3.8, 4) is 0 Å².